The highest BCUT2D eigenvalue weighted by Gasteiger charge is 2.18. The first-order valence-electron chi connectivity index (χ1n) is 6.81. The van der Waals surface area contributed by atoms with Crippen LogP contribution in [0.3, 0.4) is 0 Å². The largest absolute Gasteiger partial charge is 0.458 e. The van der Waals surface area contributed by atoms with Crippen LogP contribution in [-0.2, 0) is 0 Å². The smallest absolute Gasteiger partial charge is 0.148 e. The Morgan fingerprint density at radius 3 is 2.57 bits per heavy atom. The van der Waals surface area contributed by atoms with Crippen molar-refractivity contribution in [2.75, 3.05) is 0 Å². The Balaban J connectivity index is 2.09. The van der Waals surface area contributed by atoms with E-state index in [-0.39, 0.29) is 6.04 Å². The third-order valence-corrected chi connectivity index (χ3v) is 4.46. The van der Waals surface area contributed by atoms with Crippen molar-refractivity contribution in [2.24, 2.45) is 5.84 Å². The van der Waals surface area contributed by atoms with E-state index in [1.165, 1.54) is 11.1 Å². The molecule has 0 bridgehead atoms. The number of para-hydroxylation sites is 1. The zero-order valence-electron chi connectivity index (χ0n) is 12.0. The number of halogens is 1. The molecular weight excluding hydrogens is 328 g/mol. The number of furan rings is 1. The van der Waals surface area contributed by atoms with Crippen molar-refractivity contribution in [1.29, 1.82) is 0 Å². The summed E-state index contributed by atoms with van der Waals surface area (Å²) < 4.78 is 6.93. The van der Waals surface area contributed by atoms with E-state index in [0.29, 0.717) is 0 Å². The highest BCUT2D eigenvalue weighted by molar-refractivity contribution is 9.10. The molecule has 1 unspecified atom stereocenters. The van der Waals surface area contributed by atoms with Gasteiger partial charge in [-0.2, -0.15) is 0 Å². The number of hydrazine groups is 1. The van der Waals surface area contributed by atoms with Gasteiger partial charge in [-0.1, -0.05) is 30.3 Å². The number of aryl methyl sites for hydroxylation is 2. The molecule has 0 aliphatic heterocycles. The normalized spacial score (nSPS) is 12.8. The highest BCUT2D eigenvalue weighted by Crippen LogP contribution is 2.32. The first-order chi connectivity index (χ1) is 10.1. The average Bonchev–Trinajstić information content (AvgIpc) is 2.89. The monoisotopic (exact) mass is 344 g/mol. The highest BCUT2D eigenvalue weighted by atomic mass is 79.9. The van der Waals surface area contributed by atoms with Crippen LogP contribution in [0, 0.1) is 13.8 Å². The van der Waals surface area contributed by atoms with Crippen molar-refractivity contribution < 1.29 is 4.42 Å². The summed E-state index contributed by atoms with van der Waals surface area (Å²) in [7, 11) is 0. The molecule has 1 aromatic heterocycles. The lowest BCUT2D eigenvalue weighted by molar-refractivity contribution is 0.476. The predicted octanol–water partition coefficient (Wildman–Crippen LogP) is 4.36. The molecule has 108 valence electrons. The number of nitrogens with two attached hydrogens (primary N) is 1. The lowest BCUT2D eigenvalue weighted by Crippen LogP contribution is -2.28. The van der Waals surface area contributed by atoms with Crippen LogP contribution < -0.4 is 11.3 Å². The fourth-order valence-electron chi connectivity index (χ4n) is 2.48. The number of nitrogens with one attached hydrogen (secondary N) is 1. The third-order valence-electron chi connectivity index (χ3n) is 3.83. The lowest BCUT2D eigenvalue weighted by atomic mass is 10.00. The summed E-state index contributed by atoms with van der Waals surface area (Å²) in [4.78, 5) is 0. The molecule has 0 saturated carbocycles. The summed E-state index contributed by atoms with van der Waals surface area (Å²) in [5.41, 5.74) is 7.30. The van der Waals surface area contributed by atoms with Gasteiger partial charge >= 0.3 is 0 Å². The van der Waals surface area contributed by atoms with Crippen LogP contribution >= 0.6 is 15.9 Å². The molecule has 0 amide bonds. The van der Waals surface area contributed by atoms with Crippen molar-refractivity contribution in [3.8, 4) is 0 Å². The second kappa shape index (κ2) is 5.64. The molecule has 21 heavy (non-hydrogen) atoms. The van der Waals surface area contributed by atoms with Crippen molar-refractivity contribution in [3.63, 3.8) is 0 Å². The topological polar surface area (TPSA) is 51.2 Å². The number of rotatable bonds is 3. The second-order valence-electron chi connectivity index (χ2n) is 5.25. The van der Waals surface area contributed by atoms with Crippen LogP contribution in [0.25, 0.3) is 11.0 Å². The Hall–Kier alpha value is -1.62. The maximum Gasteiger partial charge on any atom is 0.148 e. The van der Waals surface area contributed by atoms with Gasteiger partial charge in [-0.3, -0.25) is 5.84 Å². The number of benzene rings is 2. The Morgan fingerprint density at radius 1 is 1.10 bits per heavy atom. The molecule has 3 nitrogen and oxygen atoms in total. The fourth-order valence-corrected chi connectivity index (χ4v) is 2.94. The molecule has 3 rings (SSSR count). The molecule has 0 radical (unpaired) electrons. The molecule has 1 heterocycles. The molecule has 0 fully saturated rings. The second-order valence-corrected chi connectivity index (χ2v) is 6.10. The van der Waals surface area contributed by atoms with Gasteiger partial charge in [0.05, 0.1) is 4.47 Å². The Kier molecular flexibility index (Phi) is 3.85. The van der Waals surface area contributed by atoms with Gasteiger partial charge < -0.3 is 4.42 Å². The standard InChI is InChI=1S/C17H17BrN2O/c1-10-6-7-12(8-11(10)2)16(20-19)15-9-13-4-3-5-14(18)17(13)21-15/h3-9,16,20H,19H2,1-2H3. The summed E-state index contributed by atoms with van der Waals surface area (Å²) in [6.45, 7) is 4.20. The molecule has 2 aromatic carbocycles. The summed E-state index contributed by atoms with van der Waals surface area (Å²) >= 11 is 3.51. The minimum absolute atomic E-state index is 0.163. The first kappa shape index (κ1) is 14.3. The van der Waals surface area contributed by atoms with Gasteiger partial charge in [-0.15, -0.1) is 0 Å². The molecule has 0 spiro atoms. The van der Waals surface area contributed by atoms with Gasteiger partial charge in [0.15, 0.2) is 0 Å². The van der Waals surface area contributed by atoms with E-state index >= 15 is 0 Å². The molecular formula is C17H17BrN2O. The zero-order valence-corrected chi connectivity index (χ0v) is 13.6. The molecule has 1 atom stereocenters. The summed E-state index contributed by atoms with van der Waals surface area (Å²) in [6, 6.07) is 14.2. The molecule has 0 saturated heterocycles. The van der Waals surface area contributed by atoms with Crippen LogP contribution in [-0.4, -0.2) is 0 Å². The number of hydrogen-bond acceptors (Lipinski definition) is 3. The average molecular weight is 345 g/mol. The third kappa shape index (κ3) is 2.62. The lowest BCUT2D eigenvalue weighted by Gasteiger charge is -2.15. The number of hydrogen-bond donors (Lipinski definition) is 2. The molecule has 4 heteroatoms. The van der Waals surface area contributed by atoms with Crippen LogP contribution in [0.5, 0.6) is 0 Å². The van der Waals surface area contributed by atoms with E-state index in [2.05, 4.69) is 53.4 Å². The Labute approximate surface area is 132 Å². The Morgan fingerprint density at radius 2 is 1.90 bits per heavy atom. The van der Waals surface area contributed by atoms with E-state index in [0.717, 1.165) is 26.8 Å². The quantitative estimate of drug-likeness (QED) is 0.548. The summed E-state index contributed by atoms with van der Waals surface area (Å²) in [5.74, 6) is 6.57. The maximum absolute atomic E-state index is 5.99. The van der Waals surface area contributed by atoms with Gasteiger partial charge in [-0.05, 0) is 58.6 Å². The molecule has 0 aliphatic carbocycles. The van der Waals surface area contributed by atoms with E-state index in [1.807, 2.05) is 24.3 Å². The van der Waals surface area contributed by atoms with E-state index in [1.54, 1.807) is 0 Å². The fraction of sp³-hybridized carbons (Fsp3) is 0.176. The van der Waals surface area contributed by atoms with Gasteiger partial charge in [-0.25, -0.2) is 5.43 Å². The predicted molar refractivity (Wildman–Crippen MR) is 89.0 cm³/mol. The van der Waals surface area contributed by atoms with E-state index in [9.17, 15) is 0 Å². The van der Waals surface area contributed by atoms with E-state index < -0.39 is 0 Å². The first-order valence-corrected chi connectivity index (χ1v) is 7.60. The van der Waals surface area contributed by atoms with Gasteiger partial charge in [0, 0.05) is 5.39 Å². The Bertz CT molecular complexity index is 795. The van der Waals surface area contributed by atoms with Crippen LogP contribution in [0.1, 0.15) is 28.5 Å². The minimum Gasteiger partial charge on any atom is -0.458 e. The SMILES string of the molecule is Cc1ccc(C(NN)c2cc3cccc(Br)c3o2)cc1C. The van der Waals surface area contributed by atoms with Crippen molar-refractivity contribution >= 4 is 26.9 Å². The van der Waals surface area contributed by atoms with Crippen LogP contribution in [0.2, 0.25) is 0 Å². The van der Waals surface area contributed by atoms with Gasteiger partial charge in [0.1, 0.15) is 17.4 Å². The van der Waals surface area contributed by atoms with Crippen LogP contribution in [0.4, 0.5) is 0 Å². The van der Waals surface area contributed by atoms with Gasteiger partial charge in [0.25, 0.3) is 0 Å². The molecule has 3 aromatic rings. The number of fused-ring (bicyclic) bond motifs is 1. The maximum atomic E-state index is 5.99. The zero-order chi connectivity index (χ0) is 15.0. The summed E-state index contributed by atoms with van der Waals surface area (Å²) in [5, 5.41) is 1.06. The van der Waals surface area contributed by atoms with Crippen molar-refractivity contribution in [3.05, 3.63) is 69.4 Å². The van der Waals surface area contributed by atoms with E-state index in [4.69, 9.17) is 10.3 Å². The van der Waals surface area contributed by atoms with Crippen molar-refractivity contribution in [2.45, 2.75) is 19.9 Å². The minimum atomic E-state index is -0.163. The van der Waals surface area contributed by atoms with Crippen molar-refractivity contribution in [1.82, 2.24) is 5.43 Å². The van der Waals surface area contributed by atoms with Gasteiger partial charge in [0.2, 0.25) is 0 Å². The summed E-state index contributed by atoms with van der Waals surface area (Å²) in [6.07, 6.45) is 0. The molecule has 0 aliphatic rings. The van der Waals surface area contributed by atoms with Crippen LogP contribution in [0.15, 0.2) is 51.4 Å². The molecule has 3 N–H and O–H groups in total.